The van der Waals surface area contributed by atoms with E-state index in [1.807, 2.05) is 35.9 Å². The van der Waals surface area contributed by atoms with E-state index in [-0.39, 0.29) is 17.2 Å². The third kappa shape index (κ3) is 4.78. The number of carbonyl (C=O) groups excluding carboxylic acids is 1. The summed E-state index contributed by atoms with van der Waals surface area (Å²) in [5.41, 5.74) is 3.27. The minimum atomic E-state index is -3.53. The molecule has 2 aromatic carbocycles. The molecule has 0 bridgehead atoms. The molecule has 4 aromatic rings. The van der Waals surface area contributed by atoms with Gasteiger partial charge in [-0.1, -0.05) is 12.1 Å². The second-order valence-electron chi connectivity index (χ2n) is 7.81. The molecule has 2 heterocycles. The first-order chi connectivity index (χ1) is 15.8. The van der Waals surface area contributed by atoms with Crippen LogP contribution in [0, 0.1) is 0 Å². The lowest BCUT2D eigenvalue weighted by atomic mass is 10.2. The zero-order valence-corrected chi connectivity index (χ0v) is 19.5. The zero-order valence-electron chi connectivity index (χ0n) is 18.6. The maximum atomic E-state index is 12.4. The van der Waals surface area contributed by atoms with Gasteiger partial charge in [-0.25, -0.2) is 27.4 Å². The maximum absolute atomic E-state index is 12.4. The number of carbonyl (C=O) groups is 1. The highest BCUT2D eigenvalue weighted by molar-refractivity contribution is 7.89. The number of nitrogens with zero attached hydrogens (tertiary/aromatic N) is 6. The van der Waals surface area contributed by atoms with Crippen molar-refractivity contribution in [3.8, 4) is 5.69 Å². The minimum Gasteiger partial charge on any atom is -0.352 e. The molecule has 0 aliphatic heterocycles. The van der Waals surface area contributed by atoms with Gasteiger partial charge in [0.25, 0.3) is 0 Å². The molecule has 1 N–H and O–H groups in total. The lowest BCUT2D eigenvalue weighted by molar-refractivity contribution is -0.121. The number of rotatable bonds is 8. The second-order valence-corrected chi connectivity index (χ2v) is 9.96. The molecule has 4 rings (SSSR count). The summed E-state index contributed by atoms with van der Waals surface area (Å²) in [6, 6.07) is 12.6. The van der Waals surface area contributed by atoms with E-state index in [2.05, 4.69) is 20.4 Å². The number of fused-ring (bicyclic) bond motifs is 1. The predicted molar refractivity (Wildman–Crippen MR) is 123 cm³/mol. The Morgan fingerprint density at radius 1 is 1.12 bits per heavy atom. The number of hydrogen-bond donors (Lipinski definition) is 1. The normalized spacial score (nSPS) is 11.9. The van der Waals surface area contributed by atoms with Gasteiger partial charge in [-0.05, 0) is 35.9 Å². The molecule has 0 saturated carbocycles. The van der Waals surface area contributed by atoms with Crippen molar-refractivity contribution in [2.45, 2.75) is 24.3 Å². The van der Waals surface area contributed by atoms with Crippen molar-refractivity contribution >= 4 is 27.0 Å². The van der Waals surface area contributed by atoms with E-state index < -0.39 is 10.0 Å². The Morgan fingerprint density at radius 2 is 1.88 bits per heavy atom. The minimum absolute atomic E-state index is 0.0849. The molecule has 172 valence electrons. The third-order valence-electron chi connectivity index (χ3n) is 5.41. The van der Waals surface area contributed by atoms with Crippen LogP contribution in [0.5, 0.6) is 0 Å². The molecular formula is C22H25N7O3S. The van der Waals surface area contributed by atoms with E-state index in [1.165, 1.54) is 24.7 Å². The van der Waals surface area contributed by atoms with Gasteiger partial charge in [0.05, 0.1) is 21.6 Å². The summed E-state index contributed by atoms with van der Waals surface area (Å²) < 4.78 is 29.5. The number of amides is 1. The van der Waals surface area contributed by atoms with Gasteiger partial charge in [0.15, 0.2) is 0 Å². The third-order valence-corrected chi connectivity index (χ3v) is 7.22. The van der Waals surface area contributed by atoms with Gasteiger partial charge in [-0.2, -0.15) is 5.10 Å². The van der Waals surface area contributed by atoms with Crippen LogP contribution in [0.4, 0.5) is 0 Å². The topological polar surface area (TPSA) is 115 Å². The number of aromatic nitrogens is 5. The molecule has 0 fully saturated rings. The molecule has 0 unspecified atom stereocenters. The molecule has 1 amide bonds. The summed E-state index contributed by atoms with van der Waals surface area (Å²) in [6.07, 6.45) is 3.82. The predicted octanol–water partition coefficient (Wildman–Crippen LogP) is 1.65. The maximum Gasteiger partial charge on any atom is 0.242 e. The number of benzene rings is 2. The average Bonchev–Trinajstić information content (AvgIpc) is 3.45. The van der Waals surface area contributed by atoms with Gasteiger partial charge >= 0.3 is 0 Å². The number of imidazole rings is 1. The first-order valence-corrected chi connectivity index (χ1v) is 11.8. The molecule has 33 heavy (non-hydrogen) atoms. The monoisotopic (exact) mass is 467 g/mol. The molecule has 0 aliphatic rings. The highest BCUT2D eigenvalue weighted by Crippen LogP contribution is 2.22. The van der Waals surface area contributed by atoms with Crippen LogP contribution in [0.1, 0.15) is 17.8 Å². The molecule has 0 aliphatic carbocycles. The summed E-state index contributed by atoms with van der Waals surface area (Å²) >= 11 is 0. The van der Waals surface area contributed by atoms with Gasteiger partial charge in [0, 0.05) is 40.5 Å². The van der Waals surface area contributed by atoms with Crippen LogP contribution in [0.15, 0.2) is 60.0 Å². The Labute approximate surface area is 191 Å². The molecule has 0 saturated heterocycles. The zero-order chi connectivity index (χ0) is 23.6. The number of sulfonamides is 1. The molecule has 10 nitrogen and oxygen atoms in total. The second kappa shape index (κ2) is 9.12. The largest absolute Gasteiger partial charge is 0.352 e. The van der Waals surface area contributed by atoms with Crippen molar-refractivity contribution in [3.63, 3.8) is 0 Å². The van der Waals surface area contributed by atoms with Crippen LogP contribution >= 0.6 is 0 Å². The number of nitrogens with one attached hydrogen (secondary N) is 1. The van der Waals surface area contributed by atoms with Crippen molar-refractivity contribution in [2.24, 2.45) is 7.05 Å². The highest BCUT2D eigenvalue weighted by Gasteiger charge is 2.19. The van der Waals surface area contributed by atoms with E-state index in [9.17, 15) is 13.2 Å². The van der Waals surface area contributed by atoms with E-state index in [4.69, 9.17) is 0 Å². The molecular weight excluding hydrogens is 442 g/mol. The summed E-state index contributed by atoms with van der Waals surface area (Å²) in [7, 11) is 1.31. The van der Waals surface area contributed by atoms with Crippen molar-refractivity contribution in [1.82, 2.24) is 33.9 Å². The van der Waals surface area contributed by atoms with Crippen LogP contribution in [0.2, 0.25) is 0 Å². The van der Waals surface area contributed by atoms with Crippen LogP contribution in [0.3, 0.4) is 0 Å². The van der Waals surface area contributed by atoms with Gasteiger partial charge < -0.3 is 9.88 Å². The average molecular weight is 468 g/mol. The molecule has 2 aromatic heterocycles. The fourth-order valence-electron chi connectivity index (χ4n) is 3.45. The molecule has 0 radical (unpaired) electrons. The Hall–Kier alpha value is -3.57. The van der Waals surface area contributed by atoms with Gasteiger partial charge in [0.1, 0.15) is 18.5 Å². The lowest BCUT2D eigenvalue weighted by Crippen LogP contribution is -2.23. The SMILES string of the molecule is CN(C)S(=O)(=O)c1ccc2c(c1)nc(CCC(=O)NCc1ccc(-n3cncn3)cc1)n2C. The lowest BCUT2D eigenvalue weighted by Gasteiger charge is -2.10. The van der Waals surface area contributed by atoms with Crippen LogP contribution < -0.4 is 5.32 Å². The number of hydrogen-bond acceptors (Lipinski definition) is 6. The number of aryl methyl sites for hydroxylation is 2. The first-order valence-electron chi connectivity index (χ1n) is 10.3. The fraction of sp³-hybridized carbons (Fsp3) is 0.273. The van der Waals surface area contributed by atoms with Crippen LogP contribution in [0.25, 0.3) is 16.7 Å². The Balaban J connectivity index is 1.37. The summed E-state index contributed by atoms with van der Waals surface area (Å²) in [5, 5.41) is 7.01. The van der Waals surface area contributed by atoms with Crippen molar-refractivity contribution in [2.75, 3.05) is 14.1 Å². The smallest absolute Gasteiger partial charge is 0.242 e. The highest BCUT2D eigenvalue weighted by atomic mass is 32.2. The summed E-state index contributed by atoms with van der Waals surface area (Å²) in [5.74, 6) is 0.634. The summed E-state index contributed by atoms with van der Waals surface area (Å²) in [6.45, 7) is 0.421. The standard InChI is InChI=1S/C22H25N7O3S/c1-27(2)33(31,32)18-8-9-20-19(12-18)26-21(28(20)3)10-11-22(30)24-13-16-4-6-17(7-5-16)29-15-23-14-25-29/h4-9,12,14-15H,10-11,13H2,1-3H3,(H,24,30). The van der Waals surface area contributed by atoms with Crippen LogP contribution in [-0.2, 0) is 34.8 Å². The quantitative estimate of drug-likeness (QED) is 0.421. The van der Waals surface area contributed by atoms with Gasteiger partial charge in [-0.15, -0.1) is 0 Å². The Kier molecular flexibility index (Phi) is 6.25. The van der Waals surface area contributed by atoms with Crippen molar-refractivity contribution < 1.29 is 13.2 Å². The summed E-state index contributed by atoms with van der Waals surface area (Å²) in [4.78, 5) is 21.1. The molecule has 11 heteroatoms. The van der Waals surface area contributed by atoms with Crippen molar-refractivity contribution in [3.05, 3.63) is 66.5 Å². The fourth-order valence-corrected chi connectivity index (χ4v) is 4.37. The van der Waals surface area contributed by atoms with Gasteiger partial charge in [0.2, 0.25) is 15.9 Å². The van der Waals surface area contributed by atoms with Crippen molar-refractivity contribution in [1.29, 1.82) is 0 Å². The molecule has 0 atom stereocenters. The van der Waals surface area contributed by atoms with Crippen LogP contribution in [-0.4, -0.2) is 57.0 Å². The van der Waals surface area contributed by atoms with E-state index >= 15 is 0 Å². The van der Waals surface area contributed by atoms with E-state index in [1.54, 1.807) is 29.2 Å². The first kappa shape index (κ1) is 22.6. The Bertz CT molecular complexity index is 1380. The van der Waals surface area contributed by atoms with E-state index in [0.29, 0.717) is 18.5 Å². The molecule has 0 spiro atoms. The van der Waals surface area contributed by atoms with Gasteiger partial charge in [-0.3, -0.25) is 4.79 Å². The van der Waals surface area contributed by atoms with E-state index in [0.717, 1.165) is 22.6 Å². The Morgan fingerprint density at radius 3 is 2.55 bits per heavy atom.